The molecule has 0 amide bonds. The second kappa shape index (κ2) is 4.45. The summed E-state index contributed by atoms with van der Waals surface area (Å²) < 4.78 is 5.19. The minimum absolute atomic E-state index is 0.239. The highest BCUT2D eigenvalue weighted by Crippen LogP contribution is 2.18. The van der Waals surface area contributed by atoms with Crippen LogP contribution in [0.25, 0.3) is 10.8 Å². The molecule has 0 saturated carbocycles. The van der Waals surface area contributed by atoms with Crippen LogP contribution in [0.3, 0.4) is 0 Å². The highest BCUT2D eigenvalue weighted by Gasteiger charge is 1.98. The maximum atomic E-state index is 5.48. The van der Waals surface area contributed by atoms with Crippen LogP contribution in [0.2, 0.25) is 0 Å². The smallest absolute Gasteiger partial charge is 0.121 e. The topological polar surface area (TPSA) is 9.23 Å². The number of halogens is 1. The van der Waals surface area contributed by atoms with Gasteiger partial charge in [0.2, 0.25) is 0 Å². The predicted molar refractivity (Wildman–Crippen MR) is 59.5 cm³/mol. The third-order valence-electron chi connectivity index (χ3n) is 2.21. The van der Waals surface area contributed by atoms with Gasteiger partial charge < -0.3 is 4.74 Å². The SMILES string of the molecule is ClCOCc1cccc2ccccc12. The Morgan fingerprint density at radius 3 is 2.64 bits per heavy atom. The van der Waals surface area contributed by atoms with Gasteiger partial charge in [0.15, 0.2) is 0 Å². The van der Waals surface area contributed by atoms with E-state index in [9.17, 15) is 0 Å². The molecule has 2 heteroatoms. The van der Waals surface area contributed by atoms with Crippen molar-refractivity contribution in [3.8, 4) is 0 Å². The van der Waals surface area contributed by atoms with Crippen molar-refractivity contribution in [3.63, 3.8) is 0 Å². The van der Waals surface area contributed by atoms with E-state index in [4.69, 9.17) is 16.3 Å². The Morgan fingerprint density at radius 1 is 1.00 bits per heavy atom. The van der Waals surface area contributed by atoms with Crippen molar-refractivity contribution in [2.24, 2.45) is 0 Å². The van der Waals surface area contributed by atoms with Gasteiger partial charge in [0.25, 0.3) is 0 Å². The van der Waals surface area contributed by atoms with E-state index in [1.165, 1.54) is 16.3 Å². The first kappa shape index (κ1) is 9.50. The molecule has 0 N–H and O–H groups in total. The Morgan fingerprint density at radius 2 is 1.79 bits per heavy atom. The van der Waals surface area contributed by atoms with Crippen LogP contribution in [0.15, 0.2) is 42.5 Å². The highest BCUT2D eigenvalue weighted by molar-refractivity contribution is 6.17. The van der Waals surface area contributed by atoms with E-state index < -0.39 is 0 Å². The van der Waals surface area contributed by atoms with Gasteiger partial charge in [0, 0.05) is 0 Å². The van der Waals surface area contributed by atoms with Crippen molar-refractivity contribution in [2.75, 3.05) is 6.07 Å². The Balaban J connectivity index is 2.43. The standard InChI is InChI=1S/C12H11ClO/c13-9-14-8-11-6-3-5-10-4-1-2-7-12(10)11/h1-7H,8-9H2. The van der Waals surface area contributed by atoms with E-state index in [0.29, 0.717) is 6.61 Å². The van der Waals surface area contributed by atoms with Gasteiger partial charge in [-0.1, -0.05) is 54.1 Å². The fourth-order valence-corrected chi connectivity index (χ4v) is 1.64. The maximum absolute atomic E-state index is 5.48. The molecule has 72 valence electrons. The van der Waals surface area contributed by atoms with Crippen molar-refractivity contribution in [1.82, 2.24) is 0 Å². The molecule has 0 aliphatic heterocycles. The summed E-state index contributed by atoms with van der Waals surface area (Å²) in [6, 6.07) is 14.7. The molecular formula is C12H11ClO. The zero-order valence-electron chi connectivity index (χ0n) is 7.74. The van der Waals surface area contributed by atoms with Crippen LogP contribution >= 0.6 is 11.6 Å². The molecule has 0 spiro atoms. The minimum atomic E-state index is 0.239. The first-order chi connectivity index (χ1) is 6.92. The highest BCUT2D eigenvalue weighted by atomic mass is 35.5. The lowest BCUT2D eigenvalue weighted by atomic mass is 10.1. The van der Waals surface area contributed by atoms with E-state index >= 15 is 0 Å². The fraction of sp³-hybridized carbons (Fsp3) is 0.167. The zero-order chi connectivity index (χ0) is 9.80. The van der Waals surface area contributed by atoms with E-state index in [1.54, 1.807) is 0 Å². The third-order valence-corrected chi connectivity index (χ3v) is 2.37. The average Bonchev–Trinajstić information content (AvgIpc) is 2.26. The Labute approximate surface area is 88.3 Å². The summed E-state index contributed by atoms with van der Waals surface area (Å²) in [5, 5.41) is 2.48. The molecule has 0 unspecified atom stereocenters. The van der Waals surface area contributed by atoms with Crippen molar-refractivity contribution in [1.29, 1.82) is 0 Å². The molecule has 1 nitrogen and oxygen atoms in total. The number of fused-ring (bicyclic) bond motifs is 1. The van der Waals surface area contributed by atoms with E-state index in [2.05, 4.69) is 24.3 Å². The normalized spacial score (nSPS) is 10.6. The van der Waals surface area contributed by atoms with Gasteiger partial charge in [-0.2, -0.15) is 0 Å². The monoisotopic (exact) mass is 206 g/mol. The number of hydrogen-bond donors (Lipinski definition) is 0. The summed E-state index contributed by atoms with van der Waals surface area (Å²) in [5.41, 5.74) is 1.18. The number of rotatable bonds is 3. The molecule has 0 aromatic heterocycles. The van der Waals surface area contributed by atoms with Gasteiger partial charge in [-0.15, -0.1) is 0 Å². The second-order valence-electron chi connectivity index (χ2n) is 3.10. The molecule has 0 bridgehead atoms. The number of ether oxygens (including phenoxy) is 1. The summed E-state index contributed by atoms with van der Waals surface area (Å²) in [6.45, 7) is 0.574. The molecule has 2 aromatic rings. The molecule has 0 aliphatic carbocycles. The Bertz CT molecular complexity index is 420. The molecule has 0 atom stereocenters. The van der Waals surface area contributed by atoms with Crippen LogP contribution in [0.1, 0.15) is 5.56 Å². The number of hydrogen-bond acceptors (Lipinski definition) is 1. The molecular weight excluding hydrogens is 196 g/mol. The lowest BCUT2D eigenvalue weighted by Gasteiger charge is -2.05. The van der Waals surface area contributed by atoms with Gasteiger partial charge in [-0.25, -0.2) is 0 Å². The summed E-state index contributed by atoms with van der Waals surface area (Å²) >= 11 is 5.48. The summed E-state index contributed by atoms with van der Waals surface area (Å²) in [6.07, 6.45) is 0. The van der Waals surface area contributed by atoms with Crippen molar-refractivity contribution in [2.45, 2.75) is 6.61 Å². The van der Waals surface area contributed by atoms with E-state index in [-0.39, 0.29) is 6.07 Å². The average molecular weight is 207 g/mol. The summed E-state index contributed by atoms with van der Waals surface area (Å²) in [4.78, 5) is 0. The third kappa shape index (κ3) is 1.89. The molecule has 0 heterocycles. The van der Waals surface area contributed by atoms with E-state index in [1.807, 2.05) is 18.2 Å². The lowest BCUT2D eigenvalue weighted by molar-refractivity contribution is 0.166. The van der Waals surface area contributed by atoms with Crippen molar-refractivity contribution in [3.05, 3.63) is 48.0 Å². The fourth-order valence-electron chi connectivity index (χ4n) is 1.57. The molecule has 2 aromatic carbocycles. The zero-order valence-corrected chi connectivity index (χ0v) is 8.50. The van der Waals surface area contributed by atoms with Gasteiger partial charge in [0.1, 0.15) is 6.07 Å². The van der Waals surface area contributed by atoms with Crippen LogP contribution in [-0.2, 0) is 11.3 Å². The lowest BCUT2D eigenvalue weighted by Crippen LogP contribution is -1.91. The Kier molecular flexibility index (Phi) is 3.02. The van der Waals surface area contributed by atoms with Crippen LogP contribution in [0, 0.1) is 0 Å². The minimum Gasteiger partial charge on any atom is -0.361 e. The number of alkyl halides is 1. The van der Waals surface area contributed by atoms with Crippen molar-refractivity contribution >= 4 is 22.4 Å². The molecule has 0 fully saturated rings. The summed E-state index contributed by atoms with van der Waals surface area (Å²) in [7, 11) is 0. The van der Waals surface area contributed by atoms with Crippen LogP contribution in [0.5, 0.6) is 0 Å². The van der Waals surface area contributed by atoms with Gasteiger partial charge in [-0.05, 0) is 16.3 Å². The molecule has 0 aliphatic rings. The summed E-state index contributed by atoms with van der Waals surface area (Å²) in [5.74, 6) is 0. The van der Waals surface area contributed by atoms with Gasteiger partial charge in [0.05, 0.1) is 6.61 Å². The molecule has 0 saturated heterocycles. The first-order valence-electron chi connectivity index (χ1n) is 4.52. The van der Waals surface area contributed by atoms with Crippen molar-refractivity contribution < 1.29 is 4.74 Å². The largest absolute Gasteiger partial charge is 0.361 e. The second-order valence-corrected chi connectivity index (χ2v) is 3.31. The maximum Gasteiger partial charge on any atom is 0.121 e. The van der Waals surface area contributed by atoms with Gasteiger partial charge in [-0.3, -0.25) is 0 Å². The first-order valence-corrected chi connectivity index (χ1v) is 5.05. The van der Waals surface area contributed by atoms with Crippen LogP contribution in [-0.4, -0.2) is 6.07 Å². The number of benzene rings is 2. The van der Waals surface area contributed by atoms with Gasteiger partial charge >= 0.3 is 0 Å². The van der Waals surface area contributed by atoms with Crippen LogP contribution < -0.4 is 0 Å². The Hall–Kier alpha value is -1.05. The molecule has 2 rings (SSSR count). The van der Waals surface area contributed by atoms with Crippen LogP contribution in [0.4, 0.5) is 0 Å². The molecule has 14 heavy (non-hydrogen) atoms. The van der Waals surface area contributed by atoms with E-state index in [0.717, 1.165) is 0 Å². The quantitative estimate of drug-likeness (QED) is 0.698. The molecule has 0 radical (unpaired) electrons. The predicted octanol–water partition coefficient (Wildman–Crippen LogP) is 3.55.